The normalized spacial score (nSPS) is 18.8. The van der Waals surface area contributed by atoms with Gasteiger partial charge in [-0.25, -0.2) is 4.98 Å². The number of nitrogens with one attached hydrogen (secondary N) is 1. The average Bonchev–Trinajstić information content (AvgIpc) is 3.33. The predicted molar refractivity (Wildman–Crippen MR) is 136 cm³/mol. The van der Waals surface area contributed by atoms with E-state index in [9.17, 15) is 4.79 Å². The minimum atomic E-state index is -0.406. The van der Waals surface area contributed by atoms with Crippen LogP contribution in [0.3, 0.4) is 0 Å². The highest BCUT2D eigenvalue weighted by Gasteiger charge is 2.43. The Morgan fingerprint density at radius 1 is 1.12 bits per heavy atom. The molecule has 2 aliphatic rings. The number of fused-ring (bicyclic) bond motifs is 1. The van der Waals surface area contributed by atoms with Crippen LogP contribution in [0.25, 0.3) is 0 Å². The summed E-state index contributed by atoms with van der Waals surface area (Å²) in [6, 6.07) is 8.97. The van der Waals surface area contributed by atoms with E-state index >= 15 is 0 Å². The van der Waals surface area contributed by atoms with Crippen LogP contribution in [0.2, 0.25) is 10.0 Å². The number of carbonyl (C=O) groups excluding carboxylic acids is 1. The van der Waals surface area contributed by atoms with Crippen molar-refractivity contribution in [3.8, 4) is 0 Å². The number of aromatic nitrogens is 3. The van der Waals surface area contributed by atoms with Crippen molar-refractivity contribution in [2.24, 2.45) is 5.92 Å². The zero-order valence-corrected chi connectivity index (χ0v) is 21.1. The first-order chi connectivity index (χ1) is 16.3. The Balaban J connectivity index is 1.55. The number of aromatic amines is 1. The van der Waals surface area contributed by atoms with Crippen LogP contribution in [0.5, 0.6) is 0 Å². The highest BCUT2D eigenvalue weighted by atomic mass is 35.5. The number of H-pyrrole nitrogens is 1. The molecule has 1 atom stereocenters. The fourth-order valence-corrected chi connectivity index (χ4v) is 5.29. The molecule has 0 aliphatic carbocycles. The van der Waals surface area contributed by atoms with Gasteiger partial charge in [-0.3, -0.25) is 14.8 Å². The molecule has 1 saturated heterocycles. The van der Waals surface area contributed by atoms with Crippen LogP contribution in [0.4, 0.5) is 11.5 Å². The quantitative estimate of drug-likeness (QED) is 0.546. The number of piperazine rings is 1. The topological polar surface area (TPSA) is 68.4 Å². The molecular formula is C25H28Cl2N6O. The Labute approximate surface area is 209 Å². The molecule has 0 saturated carbocycles. The van der Waals surface area contributed by atoms with Gasteiger partial charge in [0.2, 0.25) is 0 Å². The first-order valence-electron chi connectivity index (χ1n) is 11.6. The maximum atomic E-state index is 13.6. The molecule has 178 valence electrons. The lowest BCUT2D eigenvalue weighted by atomic mass is 9.95. The predicted octanol–water partition coefficient (Wildman–Crippen LogP) is 4.81. The minimum Gasteiger partial charge on any atom is -0.354 e. The molecule has 2 aliphatic heterocycles. The van der Waals surface area contributed by atoms with Crippen LogP contribution in [0.1, 0.15) is 47.2 Å². The van der Waals surface area contributed by atoms with Crippen LogP contribution in [-0.2, 0) is 6.42 Å². The smallest absolute Gasteiger partial charge is 0.277 e. The fourth-order valence-electron chi connectivity index (χ4n) is 4.78. The number of hydrogen-bond donors (Lipinski definition) is 1. The summed E-state index contributed by atoms with van der Waals surface area (Å²) >= 11 is 12.8. The number of carbonyl (C=O) groups is 1. The van der Waals surface area contributed by atoms with E-state index in [1.807, 2.05) is 18.2 Å². The van der Waals surface area contributed by atoms with Crippen molar-refractivity contribution in [3.63, 3.8) is 0 Å². The summed E-state index contributed by atoms with van der Waals surface area (Å²) in [5, 5.41) is 8.56. The van der Waals surface area contributed by atoms with Gasteiger partial charge in [-0.2, -0.15) is 5.10 Å². The molecule has 0 spiro atoms. The summed E-state index contributed by atoms with van der Waals surface area (Å²) in [4.78, 5) is 24.7. The second-order valence-corrected chi connectivity index (χ2v) is 10.3. The Hall–Kier alpha value is -2.61. The SMILES string of the molecule is CC(C)Cc1n[nH]c2c1C(c1ccc(Cl)cc1Cl)N(c1ccc(N3CCN(C)CC3)nc1)C2=O. The number of rotatable bonds is 5. The second kappa shape index (κ2) is 9.21. The van der Waals surface area contributed by atoms with E-state index in [2.05, 4.69) is 40.9 Å². The highest BCUT2D eigenvalue weighted by Crippen LogP contribution is 2.45. The van der Waals surface area contributed by atoms with E-state index in [1.165, 1.54) is 0 Å². The van der Waals surface area contributed by atoms with E-state index in [1.54, 1.807) is 23.2 Å². The van der Waals surface area contributed by atoms with Crippen molar-refractivity contribution in [1.29, 1.82) is 0 Å². The molecule has 0 bridgehead atoms. The molecule has 2 aromatic heterocycles. The lowest BCUT2D eigenvalue weighted by Gasteiger charge is -2.33. The standard InChI is InChI=1S/C25H28Cl2N6O/c1-15(2)12-20-22-23(30-29-20)25(34)33(24(22)18-6-4-16(26)13-19(18)27)17-5-7-21(28-14-17)32-10-8-31(3)9-11-32/h4-7,13-15,24H,8-12H2,1-3H3,(H,29,30). The van der Waals surface area contributed by atoms with Gasteiger partial charge in [0.15, 0.2) is 0 Å². The molecule has 1 amide bonds. The van der Waals surface area contributed by atoms with Gasteiger partial charge in [0, 0.05) is 41.8 Å². The Bertz CT molecular complexity index is 1200. The van der Waals surface area contributed by atoms with Crippen molar-refractivity contribution < 1.29 is 4.79 Å². The molecule has 5 rings (SSSR count). The molecule has 1 unspecified atom stereocenters. The number of nitrogens with zero attached hydrogens (tertiary/aromatic N) is 5. The minimum absolute atomic E-state index is 0.136. The number of halogens is 2. The first-order valence-corrected chi connectivity index (χ1v) is 12.3. The number of anilines is 2. The molecular weight excluding hydrogens is 471 g/mol. The average molecular weight is 499 g/mol. The zero-order valence-electron chi connectivity index (χ0n) is 19.6. The van der Waals surface area contributed by atoms with E-state index in [-0.39, 0.29) is 5.91 Å². The Morgan fingerprint density at radius 3 is 2.53 bits per heavy atom. The van der Waals surface area contributed by atoms with Crippen molar-refractivity contribution in [2.75, 3.05) is 43.0 Å². The summed E-state index contributed by atoms with van der Waals surface area (Å²) in [6.45, 7) is 8.16. The van der Waals surface area contributed by atoms with Crippen LogP contribution >= 0.6 is 23.2 Å². The molecule has 3 aromatic rings. The van der Waals surface area contributed by atoms with Gasteiger partial charge in [0.25, 0.3) is 5.91 Å². The summed E-state index contributed by atoms with van der Waals surface area (Å²) in [6.07, 6.45) is 2.54. The highest BCUT2D eigenvalue weighted by molar-refractivity contribution is 6.35. The Kier molecular flexibility index (Phi) is 6.27. The van der Waals surface area contributed by atoms with Gasteiger partial charge in [-0.05, 0) is 49.2 Å². The molecule has 34 heavy (non-hydrogen) atoms. The largest absolute Gasteiger partial charge is 0.354 e. The van der Waals surface area contributed by atoms with Crippen LogP contribution in [-0.4, -0.2) is 59.2 Å². The van der Waals surface area contributed by atoms with Gasteiger partial charge in [-0.1, -0.05) is 43.1 Å². The molecule has 7 nitrogen and oxygen atoms in total. The molecule has 1 aromatic carbocycles. The fraction of sp³-hybridized carbons (Fsp3) is 0.400. The number of pyridine rings is 1. The van der Waals surface area contributed by atoms with Crippen molar-refractivity contribution >= 4 is 40.6 Å². The zero-order chi connectivity index (χ0) is 24.0. The lowest BCUT2D eigenvalue weighted by molar-refractivity contribution is 0.0988. The number of hydrogen-bond acceptors (Lipinski definition) is 5. The van der Waals surface area contributed by atoms with E-state index in [0.29, 0.717) is 21.7 Å². The molecule has 1 fully saturated rings. The van der Waals surface area contributed by atoms with Gasteiger partial charge < -0.3 is 9.80 Å². The van der Waals surface area contributed by atoms with Gasteiger partial charge >= 0.3 is 0 Å². The molecule has 9 heteroatoms. The van der Waals surface area contributed by atoms with Gasteiger partial charge in [0.1, 0.15) is 11.5 Å². The first kappa shape index (κ1) is 23.1. The van der Waals surface area contributed by atoms with E-state index < -0.39 is 6.04 Å². The van der Waals surface area contributed by atoms with E-state index in [4.69, 9.17) is 28.2 Å². The molecule has 4 heterocycles. The molecule has 0 radical (unpaired) electrons. The molecule has 1 N–H and O–H groups in total. The number of benzene rings is 1. The third-order valence-electron chi connectivity index (χ3n) is 6.54. The maximum Gasteiger partial charge on any atom is 0.277 e. The second-order valence-electron chi connectivity index (χ2n) is 9.47. The summed E-state index contributed by atoms with van der Waals surface area (Å²) in [7, 11) is 2.13. The van der Waals surface area contributed by atoms with E-state index in [0.717, 1.165) is 60.9 Å². The lowest BCUT2D eigenvalue weighted by Crippen LogP contribution is -2.44. The van der Waals surface area contributed by atoms with Crippen LogP contribution < -0.4 is 9.80 Å². The van der Waals surface area contributed by atoms with Crippen LogP contribution in [0, 0.1) is 5.92 Å². The summed E-state index contributed by atoms with van der Waals surface area (Å²) in [5.41, 5.74) is 3.81. The number of likely N-dealkylation sites (N-methyl/N-ethyl adjacent to an activating group) is 1. The number of amides is 1. The van der Waals surface area contributed by atoms with Gasteiger partial charge in [0.05, 0.1) is 23.6 Å². The van der Waals surface area contributed by atoms with Crippen molar-refractivity contribution in [3.05, 3.63) is 69.1 Å². The Morgan fingerprint density at radius 2 is 1.88 bits per heavy atom. The third kappa shape index (κ3) is 4.17. The van der Waals surface area contributed by atoms with Crippen LogP contribution in [0.15, 0.2) is 36.5 Å². The summed E-state index contributed by atoms with van der Waals surface area (Å²) in [5.74, 6) is 1.18. The maximum absolute atomic E-state index is 13.6. The monoisotopic (exact) mass is 498 g/mol. The van der Waals surface area contributed by atoms with Crippen molar-refractivity contribution in [2.45, 2.75) is 26.3 Å². The van der Waals surface area contributed by atoms with Crippen molar-refractivity contribution in [1.82, 2.24) is 20.1 Å². The summed E-state index contributed by atoms with van der Waals surface area (Å²) < 4.78 is 0. The van der Waals surface area contributed by atoms with Gasteiger partial charge in [-0.15, -0.1) is 0 Å². The third-order valence-corrected chi connectivity index (χ3v) is 7.11.